The summed E-state index contributed by atoms with van der Waals surface area (Å²) in [5.74, 6) is 0.949. The van der Waals surface area contributed by atoms with Crippen molar-refractivity contribution < 1.29 is 4.79 Å². The molecule has 1 amide bonds. The zero-order valence-corrected chi connectivity index (χ0v) is 13.9. The molecule has 1 aromatic carbocycles. The van der Waals surface area contributed by atoms with Crippen LogP contribution in [0.1, 0.15) is 16.0 Å². The number of aryl methyl sites for hydroxylation is 1. The number of carbonyl (C=O) groups is 1. The van der Waals surface area contributed by atoms with Gasteiger partial charge in [0.1, 0.15) is 0 Å². The summed E-state index contributed by atoms with van der Waals surface area (Å²) in [5, 5.41) is 6.70. The maximum atomic E-state index is 11.7. The average molecular weight is 339 g/mol. The molecule has 3 nitrogen and oxygen atoms in total. The van der Waals surface area contributed by atoms with E-state index in [1.54, 1.807) is 17.6 Å². The first-order chi connectivity index (χ1) is 10.2. The molecule has 0 unspecified atom stereocenters. The van der Waals surface area contributed by atoms with Gasteiger partial charge in [0.05, 0.1) is 12.0 Å². The number of halogens is 1. The van der Waals surface area contributed by atoms with E-state index < -0.39 is 0 Å². The predicted octanol–water partition coefficient (Wildman–Crippen LogP) is 4.09. The van der Waals surface area contributed by atoms with E-state index in [0.717, 1.165) is 21.0 Å². The molecule has 2 aromatic rings. The van der Waals surface area contributed by atoms with Crippen LogP contribution in [-0.4, -0.2) is 17.9 Å². The largest absolute Gasteiger partial charge is 0.272 e. The Morgan fingerprint density at radius 2 is 2.24 bits per heavy atom. The first-order valence-corrected chi connectivity index (χ1v) is 8.75. The Hall–Kier alpha value is -1.30. The molecule has 1 heterocycles. The van der Waals surface area contributed by atoms with Gasteiger partial charge in [-0.15, -0.1) is 23.1 Å². The van der Waals surface area contributed by atoms with Crippen molar-refractivity contribution in [3.8, 4) is 0 Å². The number of hydrazone groups is 1. The highest BCUT2D eigenvalue weighted by Gasteiger charge is 2.03. The highest BCUT2D eigenvalue weighted by molar-refractivity contribution is 7.99. The molecule has 0 spiro atoms. The van der Waals surface area contributed by atoms with E-state index in [2.05, 4.69) is 10.5 Å². The van der Waals surface area contributed by atoms with Gasteiger partial charge < -0.3 is 0 Å². The van der Waals surface area contributed by atoms with Crippen LogP contribution in [0.25, 0.3) is 0 Å². The molecule has 0 aliphatic rings. The van der Waals surface area contributed by atoms with Crippen LogP contribution in [0.15, 0.2) is 40.8 Å². The van der Waals surface area contributed by atoms with Gasteiger partial charge >= 0.3 is 0 Å². The quantitative estimate of drug-likeness (QED) is 0.636. The fourth-order valence-corrected chi connectivity index (χ4v) is 3.47. The van der Waals surface area contributed by atoms with Crippen LogP contribution in [0.3, 0.4) is 0 Å². The highest BCUT2D eigenvalue weighted by Crippen LogP contribution is 2.20. The molecule has 0 atom stereocenters. The fraction of sp³-hybridized carbons (Fsp3) is 0.200. The minimum Gasteiger partial charge on any atom is -0.272 e. The van der Waals surface area contributed by atoms with Crippen molar-refractivity contribution in [2.75, 3.05) is 5.75 Å². The summed E-state index contributed by atoms with van der Waals surface area (Å²) in [5.41, 5.74) is 4.73. The van der Waals surface area contributed by atoms with Gasteiger partial charge in [-0.3, -0.25) is 4.79 Å². The van der Waals surface area contributed by atoms with Crippen molar-refractivity contribution in [2.24, 2.45) is 5.10 Å². The van der Waals surface area contributed by atoms with Gasteiger partial charge in [0.25, 0.3) is 0 Å². The summed E-state index contributed by atoms with van der Waals surface area (Å²) in [4.78, 5) is 12.7. The number of hydrogen-bond acceptors (Lipinski definition) is 4. The number of carbonyl (C=O) groups excluding carboxylic acids is 1. The van der Waals surface area contributed by atoms with E-state index in [1.807, 2.05) is 42.6 Å². The molecule has 110 valence electrons. The maximum absolute atomic E-state index is 11.7. The van der Waals surface area contributed by atoms with E-state index in [4.69, 9.17) is 11.6 Å². The Morgan fingerprint density at radius 3 is 2.95 bits per heavy atom. The number of nitrogens with zero attached hydrogens (tertiary/aromatic N) is 1. The second kappa shape index (κ2) is 8.22. The van der Waals surface area contributed by atoms with Crippen molar-refractivity contribution in [3.63, 3.8) is 0 Å². The molecule has 0 saturated carbocycles. The molecular formula is C15H15ClN2OS2. The number of rotatable bonds is 6. The lowest BCUT2D eigenvalue weighted by atomic mass is 10.2. The molecule has 0 saturated heterocycles. The number of hydrogen-bond donors (Lipinski definition) is 1. The predicted molar refractivity (Wildman–Crippen MR) is 92.4 cm³/mol. The van der Waals surface area contributed by atoms with Crippen LogP contribution in [0.2, 0.25) is 5.02 Å². The summed E-state index contributed by atoms with van der Waals surface area (Å²) in [7, 11) is 0. The van der Waals surface area contributed by atoms with Gasteiger partial charge in [0.2, 0.25) is 5.91 Å². The minimum atomic E-state index is -0.113. The minimum absolute atomic E-state index is 0.113. The first-order valence-electron chi connectivity index (χ1n) is 6.34. The molecule has 21 heavy (non-hydrogen) atoms. The van der Waals surface area contributed by atoms with Crippen molar-refractivity contribution in [1.29, 1.82) is 0 Å². The summed E-state index contributed by atoms with van der Waals surface area (Å²) >= 11 is 9.17. The Bertz CT molecular complexity index is 640. The van der Waals surface area contributed by atoms with Crippen LogP contribution in [0, 0.1) is 6.92 Å². The van der Waals surface area contributed by atoms with E-state index in [0.29, 0.717) is 11.5 Å². The van der Waals surface area contributed by atoms with Crippen molar-refractivity contribution in [2.45, 2.75) is 12.7 Å². The standard InChI is InChI=1S/C15H15ClN2OS2/c1-11-6-7-21-14(11)8-17-18-15(19)10-20-9-12-4-2-3-5-13(12)16/h2-8H,9-10H2,1H3,(H,18,19)/b17-8-. The molecule has 1 N–H and O–H groups in total. The molecule has 0 radical (unpaired) electrons. The Balaban J connectivity index is 1.72. The van der Waals surface area contributed by atoms with Crippen LogP contribution in [0.4, 0.5) is 0 Å². The maximum Gasteiger partial charge on any atom is 0.250 e. The van der Waals surface area contributed by atoms with E-state index in [1.165, 1.54) is 11.8 Å². The van der Waals surface area contributed by atoms with E-state index in [-0.39, 0.29) is 5.91 Å². The number of thioether (sulfide) groups is 1. The van der Waals surface area contributed by atoms with Gasteiger partial charge in [-0.1, -0.05) is 29.8 Å². The number of benzene rings is 1. The molecular weight excluding hydrogens is 324 g/mol. The zero-order valence-electron chi connectivity index (χ0n) is 11.5. The summed E-state index contributed by atoms with van der Waals surface area (Å²) in [6.07, 6.45) is 1.68. The normalized spacial score (nSPS) is 11.0. The third-order valence-corrected chi connectivity index (χ3v) is 5.02. The lowest BCUT2D eigenvalue weighted by Gasteiger charge is -2.03. The van der Waals surface area contributed by atoms with Crippen molar-refractivity contribution >= 4 is 46.8 Å². The topological polar surface area (TPSA) is 41.5 Å². The summed E-state index contributed by atoms with van der Waals surface area (Å²) < 4.78 is 0. The van der Waals surface area contributed by atoms with Crippen LogP contribution < -0.4 is 5.43 Å². The lowest BCUT2D eigenvalue weighted by Crippen LogP contribution is -2.19. The molecule has 0 aliphatic heterocycles. The second-order valence-electron chi connectivity index (χ2n) is 4.35. The van der Waals surface area contributed by atoms with Gasteiger partial charge in [-0.05, 0) is 35.6 Å². The van der Waals surface area contributed by atoms with Crippen LogP contribution >= 0.6 is 34.7 Å². The van der Waals surface area contributed by atoms with Gasteiger partial charge in [-0.25, -0.2) is 5.43 Å². The Labute approximate surface area is 137 Å². The number of nitrogens with one attached hydrogen (secondary N) is 1. The Kier molecular flexibility index (Phi) is 6.29. The molecule has 0 fully saturated rings. The Morgan fingerprint density at radius 1 is 1.43 bits per heavy atom. The van der Waals surface area contributed by atoms with Crippen LogP contribution in [-0.2, 0) is 10.5 Å². The van der Waals surface area contributed by atoms with E-state index in [9.17, 15) is 4.79 Å². The summed E-state index contributed by atoms with van der Waals surface area (Å²) in [6, 6.07) is 9.67. The second-order valence-corrected chi connectivity index (χ2v) is 6.69. The molecule has 0 bridgehead atoms. The van der Waals surface area contributed by atoms with Crippen molar-refractivity contribution in [3.05, 3.63) is 56.7 Å². The monoisotopic (exact) mass is 338 g/mol. The van der Waals surface area contributed by atoms with Gasteiger partial charge in [-0.2, -0.15) is 5.10 Å². The lowest BCUT2D eigenvalue weighted by molar-refractivity contribution is -0.118. The zero-order chi connectivity index (χ0) is 15.1. The SMILES string of the molecule is Cc1ccsc1/C=N\NC(=O)CSCc1ccccc1Cl. The number of thiophene rings is 1. The summed E-state index contributed by atoms with van der Waals surface area (Å²) in [6.45, 7) is 2.01. The molecule has 6 heteroatoms. The van der Waals surface area contributed by atoms with E-state index >= 15 is 0 Å². The molecule has 2 rings (SSSR count). The first kappa shape index (κ1) is 16.1. The van der Waals surface area contributed by atoms with Gasteiger partial charge in [0, 0.05) is 15.7 Å². The molecule has 1 aromatic heterocycles. The van der Waals surface area contributed by atoms with Gasteiger partial charge in [0.15, 0.2) is 0 Å². The van der Waals surface area contributed by atoms with Crippen molar-refractivity contribution in [1.82, 2.24) is 5.43 Å². The smallest absolute Gasteiger partial charge is 0.250 e. The third kappa shape index (κ3) is 5.19. The number of amides is 1. The fourth-order valence-electron chi connectivity index (χ4n) is 1.58. The third-order valence-electron chi connectivity index (χ3n) is 2.72. The highest BCUT2D eigenvalue weighted by atomic mass is 35.5. The molecule has 0 aliphatic carbocycles. The van der Waals surface area contributed by atoms with Crippen LogP contribution in [0.5, 0.6) is 0 Å². The average Bonchev–Trinajstić information content (AvgIpc) is 2.87.